The molecule has 1 aromatic heterocycles. The Hall–Kier alpha value is -3.26. The van der Waals surface area contributed by atoms with Crippen molar-refractivity contribution in [3.05, 3.63) is 70.9 Å². The summed E-state index contributed by atoms with van der Waals surface area (Å²) in [6.45, 7) is 3.17. The Morgan fingerprint density at radius 2 is 1.91 bits per heavy atom. The molecular formula is C25H24N4O3S. The van der Waals surface area contributed by atoms with Crippen LogP contribution in [0.15, 0.2) is 65.0 Å². The van der Waals surface area contributed by atoms with Crippen LogP contribution in [0.25, 0.3) is 0 Å². The average molecular weight is 461 g/mol. The number of nitrogens with zero attached hydrogens (tertiary/aromatic N) is 3. The smallest absolute Gasteiger partial charge is 0.227 e. The zero-order chi connectivity index (χ0) is 22.4. The number of hydrogen-bond acceptors (Lipinski definition) is 7. The van der Waals surface area contributed by atoms with Gasteiger partial charge in [-0.25, -0.2) is 4.68 Å². The van der Waals surface area contributed by atoms with Gasteiger partial charge < -0.3 is 14.8 Å². The average Bonchev–Trinajstić information content (AvgIpc) is 3.24. The summed E-state index contributed by atoms with van der Waals surface area (Å²) >= 11 is 1.59. The number of nitrogens with one attached hydrogen (secondary N) is 1. The van der Waals surface area contributed by atoms with Crippen LogP contribution in [0.3, 0.4) is 0 Å². The fourth-order valence-corrected chi connectivity index (χ4v) is 5.49. The Morgan fingerprint density at radius 1 is 1.09 bits per heavy atom. The van der Waals surface area contributed by atoms with Crippen LogP contribution in [0.2, 0.25) is 0 Å². The SMILES string of the molecule is CC1CC(=O)C2=C(C1)Nc1nc(SCc3ccccc3)nn1C2c1ccc2c(c1)OCCO2. The summed E-state index contributed by atoms with van der Waals surface area (Å²) in [5, 5.41) is 8.93. The van der Waals surface area contributed by atoms with E-state index in [1.807, 2.05) is 41.1 Å². The summed E-state index contributed by atoms with van der Waals surface area (Å²) < 4.78 is 13.4. The van der Waals surface area contributed by atoms with Crippen molar-refractivity contribution in [3.8, 4) is 11.5 Å². The molecule has 1 aliphatic carbocycles. The van der Waals surface area contributed by atoms with E-state index in [9.17, 15) is 4.79 Å². The normalized spacial score (nSPS) is 21.3. The van der Waals surface area contributed by atoms with Gasteiger partial charge in [-0.05, 0) is 35.6 Å². The van der Waals surface area contributed by atoms with Gasteiger partial charge in [0.25, 0.3) is 0 Å². The fourth-order valence-electron chi connectivity index (χ4n) is 4.71. The van der Waals surface area contributed by atoms with E-state index in [1.54, 1.807) is 11.8 Å². The molecule has 1 N–H and O–H groups in total. The zero-order valence-corrected chi connectivity index (χ0v) is 19.1. The molecule has 33 heavy (non-hydrogen) atoms. The molecule has 6 rings (SSSR count). The molecule has 0 saturated carbocycles. The highest BCUT2D eigenvalue weighted by Crippen LogP contribution is 2.44. The van der Waals surface area contributed by atoms with Crippen molar-refractivity contribution in [2.24, 2.45) is 5.92 Å². The number of rotatable bonds is 4. The molecule has 3 heterocycles. The third-order valence-corrected chi connectivity index (χ3v) is 7.11. The van der Waals surface area contributed by atoms with Crippen molar-refractivity contribution in [1.82, 2.24) is 14.8 Å². The van der Waals surface area contributed by atoms with E-state index in [2.05, 4.69) is 24.4 Å². The molecule has 2 unspecified atom stereocenters. The minimum atomic E-state index is -0.342. The van der Waals surface area contributed by atoms with Gasteiger partial charge in [-0.15, -0.1) is 5.10 Å². The van der Waals surface area contributed by atoms with Crippen molar-refractivity contribution in [3.63, 3.8) is 0 Å². The van der Waals surface area contributed by atoms with Crippen molar-refractivity contribution < 1.29 is 14.3 Å². The highest BCUT2D eigenvalue weighted by Gasteiger charge is 2.39. The molecule has 3 aromatic rings. The molecular weight excluding hydrogens is 436 g/mol. The number of benzene rings is 2. The van der Waals surface area contributed by atoms with Gasteiger partial charge in [-0.3, -0.25) is 4.79 Å². The molecule has 2 aromatic carbocycles. The molecule has 2 atom stereocenters. The van der Waals surface area contributed by atoms with Crippen LogP contribution in [0.5, 0.6) is 11.5 Å². The maximum absolute atomic E-state index is 13.2. The van der Waals surface area contributed by atoms with Gasteiger partial charge >= 0.3 is 0 Å². The predicted octanol–water partition coefficient (Wildman–Crippen LogP) is 4.61. The lowest BCUT2D eigenvalue weighted by molar-refractivity contribution is -0.117. The van der Waals surface area contributed by atoms with Crippen molar-refractivity contribution in [1.29, 1.82) is 0 Å². The largest absolute Gasteiger partial charge is 0.486 e. The van der Waals surface area contributed by atoms with E-state index in [4.69, 9.17) is 19.6 Å². The van der Waals surface area contributed by atoms with Crippen LogP contribution < -0.4 is 14.8 Å². The first-order chi connectivity index (χ1) is 16.2. The Morgan fingerprint density at radius 3 is 2.76 bits per heavy atom. The van der Waals surface area contributed by atoms with E-state index in [0.29, 0.717) is 42.4 Å². The number of ether oxygens (including phenoxy) is 2. The topological polar surface area (TPSA) is 78.3 Å². The van der Waals surface area contributed by atoms with E-state index >= 15 is 0 Å². The quantitative estimate of drug-likeness (QED) is 0.570. The van der Waals surface area contributed by atoms with Gasteiger partial charge in [0, 0.05) is 23.4 Å². The summed E-state index contributed by atoms with van der Waals surface area (Å²) in [6.07, 6.45) is 1.36. The summed E-state index contributed by atoms with van der Waals surface area (Å²) in [5.74, 6) is 3.35. The molecule has 0 amide bonds. The Kier molecular flexibility index (Phi) is 5.10. The molecule has 0 spiro atoms. The maximum atomic E-state index is 13.2. The number of thioether (sulfide) groups is 1. The molecule has 2 aliphatic heterocycles. The number of carbonyl (C=O) groups is 1. The second-order valence-corrected chi connectivity index (χ2v) is 9.64. The molecule has 7 nitrogen and oxygen atoms in total. The molecule has 0 fully saturated rings. The van der Waals surface area contributed by atoms with Crippen LogP contribution in [0, 0.1) is 5.92 Å². The molecule has 3 aliphatic rings. The lowest BCUT2D eigenvalue weighted by Crippen LogP contribution is -2.33. The number of carbonyl (C=O) groups excluding carboxylic acids is 1. The van der Waals surface area contributed by atoms with Gasteiger partial charge in [0.15, 0.2) is 17.3 Å². The first kappa shape index (κ1) is 20.4. The Bertz CT molecular complexity index is 1250. The summed E-state index contributed by atoms with van der Waals surface area (Å²) in [4.78, 5) is 18.0. The minimum absolute atomic E-state index is 0.163. The third-order valence-electron chi connectivity index (χ3n) is 6.20. The van der Waals surface area contributed by atoms with Crippen molar-refractivity contribution >= 4 is 23.5 Å². The maximum Gasteiger partial charge on any atom is 0.227 e. The van der Waals surface area contributed by atoms with Crippen LogP contribution in [0.1, 0.15) is 36.9 Å². The highest BCUT2D eigenvalue weighted by atomic mass is 32.2. The van der Waals surface area contributed by atoms with Crippen LogP contribution in [-0.2, 0) is 10.5 Å². The number of fused-ring (bicyclic) bond motifs is 2. The second kappa shape index (κ2) is 8.26. The molecule has 0 bridgehead atoms. The predicted molar refractivity (Wildman–Crippen MR) is 126 cm³/mol. The number of Topliss-reactive ketones (excluding diaryl/α,β-unsaturated/α-hetero) is 1. The van der Waals surface area contributed by atoms with Gasteiger partial charge in [0.1, 0.15) is 19.3 Å². The number of aromatic nitrogens is 3. The lowest BCUT2D eigenvalue weighted by atomic mass is 9.81. The summed E-state index contributed by atoms with van der Waals surface area (Å²) in [6, 6.07) is 15.8. The summed E-state index contributed by atoms with van der Waals surface area (Å²) in [7, 11) is 0. The Balaban J connectivity index is 1.39. The standard InChI is InChI=1S/C25H24N4O3S/c1-15-11-18-22(19(30)12-15)23(17-7-8-20-21(13-17)32-10-9-31-20)29-24(26-18)27-25(28-29)33-14-16-5-3-2-4-6-16/h2-8,13,15,23H,9-12,14H2,1H3,(H,26,27,28). The Labute approximate surface area is 196 Å². The summed E-state index contributed by atoms with van der Waals surface area (Å²) in [5.41, 5.74) is 3.90. The fraction of sp³-hybridized carbons (Fsp3) is 0.320. The number of ketones is 1. The number of hydrogen-bond donors (Lipinski definition) is 1. The van der Waals surface area contributed by atoms with Crippen LogP contribution in [0.4, 0.5) is 5.95 Å². The van der Waals surface area contributed by atoms with Gasteiger partial charge in [0.2, 0.25) is 11.1 Å². The van der Waals surface area contributed by atoms with Crippen LogP contribution in [-0.4, -0.2) is 33.8 Å². The third kappa shape index (κ3) is 3.78. The highest BCUT2D eigenvalue weighted by molar-refractivity contribution is 7.98. The monoisotopic (exact) mass is 460 g/mol. The number of anilines is 1. The van der Waals surface area contributed by atoms with E-state index in [-0.39, 0.29) is 11.8 Å². The molecule has 0 saturated heterocycles. The van der Waals surface area contributed by atoms with Crippen LogP contribution >= 0.6 is 11.8 Å². The van der Waals surface area contributed by atoms with E-state index < -0.39 is 0 Å². The molecule has 168 valence electrons. The minimum Gasteiger partial charge on any atom is -0.486 e. The van der Waals surface area contributed by atoms with Crippen molar-refractivity contribution in [2.45, 2.75) is 36.7 Å². The van der Waals surface area contributed by atoms with Crippen molar-refractivity contribution in [2.75, 3.05) is 18.5 Å². The first-order valence-electron chi connectivity index (χ1n) is 11.2. The molecule has 0 radical (unpaired) electrons. The van der Waals surface area contributed by atoms with Gasteiger partial charge in [-0.1, -0.05) is 55.1 Å². The van der Waals surface area contributed by atoms with Gasteiger partial charge in [0.05, 0.1) is 0 Å². The van der Waals surface area contributed by atoms with Gasteiger partial charge in [-0.2, -0.15) is 4.98 Å². The zero-order valence-electron chi connectivity index (χ0n) is 18.3. The molecule has 8 heteroatoms. The van der Waals surface area contributed by atoms with E-state index in [1.165, 1.54) is 5.56 Å². The number of allylic oxidation sites excluding steroid dienone is 2. The van der Waals surface area contributed by atoms with E-state index in [0.717, 1.165) is 34.8 Å². The second-order valence-electron chi connectivity index (χ2n) is 8.70. The lowest BCUT2D eigenvalue weighted by Gasteiger charge is -2.34. The first-order valence-corrected chi connectivity index (χ1v) is 12.2.